The molecule has 1 aromatic heterocycles. The van der Waals surface area contributed by atoms with Crippen molar-refractivity contribution in [1.29, 1.82) is 0 Å². The van der Waals surface area contributed by atoms with Gasteiger partial charge in [-0.05, 0) is 62.2 Å². The number of carbonyl (C=O) groups is 2. The topological polar surface area (TPSA) is 76.0 Å². The van der Waals surface area contributed by atoms with Crippen LogP contribution < -0.4 is 10.6 Å². The Hall–Kier alpha value is -4.00. The first kappa shape index (κ1) is 23.2. The van der Waals surface area contributed by atoms with Crippen LogP contribution in [-0.2, 0) is 17.8 Å². The van der Waals surface area contributed by atoms with Crippen molar-refractivity contribution in [2.45, 2.75) is 32.9 Å². The van der Waals surface area contributed by atoms with E-state index >= 15 is 0 Å². The summed E-state index contributed by atoms with van der Waals surface area (Å²) in [6.07, 6.45) is 0.604. The van der Waals surface area contributed by atoms with Gasteiger partial charge in [-0.3, -0.25) is 9.59 Å². The Labute approximate surface area is 197 Å². The van der Waals surface area contributed by atoms with Gasteiger partial charge in [0.15, 0.2) is 0 Å². The van der Waals surface area contributed by atoms with E-state index in [2.05, 4.69) is 10.6 Å². The fourth-order valence-electron chi connectivity index (χ4n) is 3.84. The summed E-state index contributed by atoms with van der Waals surface area (Å²) in [6, 6.07) is 20.8. The molecule has 0 spiro atoms. The molecule has 34 heavy (non-hydrogen) atoms. The smallest absolute Gasteiger partial charge is 0.251 e. The highest BCUT2D eigenvalue weighted by molar-refractivity contribution is 5.94. The van der Waals surface area contributed by atoms with Crippen molar-refractivity contribution in [1.82, 2.24) is 20.2 Å². The number of nitrogens with one attached hydrogen (secondary N) is 2. The third-order valence-electron chi connectivity index (χ3n) is 5.68. The lowest BCUT2D eigenvalue weighted by atomic mass is 10.1. The Morgan fingerprint density at radius 1 is 1.00 bits per heavy atom. The van der Waals surface area contributed by atoms with Crippen LogP contribution in [0.25, 0.3) is 11.0 Å². The third kappa shape index (κ3) is 5.49. The van der Waals surface area contributed by atoms with Gasteiger partial charge in [0, 0.05) is 12.1 Å². The molecule has 3 aromatic carbocycles. The van der Waals surface area contributed by atoms with Crippen molar-refractivity contribution >= 4 is 22.8 Å². The molecule has 0 aliphatic carbocycles. The molecule has 4 aromatic rings. The average molecular weight is 459 g/mol. The minimum atomic E-state index is -0.409. The molecule has 0 aliphatic heterocycles. The summed E-state index contributed by atoms with van der Waals surface area (Å²) >= 11 is 0. The molecule has 1 unspecified atom stereocenters. The minimum Gasteiger partial charge on any atom is -0.354 e. The lowest BCUT2D eigenvalue weighted by molar-refractivity contribution is -0.121. The molecule has 0 saturated heterocycles. The molecule has 0 aliphatic rings. The summed E-state index contributed by atoms with van der Waals surface area (Å²) in [5.74, 6) is -0.0373. The highest BCUT2D eigenvalue weighted by Crippen LogP contribution is 2.21. The Morgan fingerprint density at radius 2 is 1.71 bits per heavy atom. The van der Waals surface area contributed by atoms with Crippen LogP contribution in [0.1, 0.15) is 40.3 Å². The van der Waals surface area contributed by atoms with Gasteiger partial charge in [-0.1, -0.05) is 42.0 Å². The zero-order chi connectivity index (χ0) is 24.1. The van der Waals surface area contributed by atoms with Crippen LogP contribution in [-0.4, -0.2) is 27.9 Å². The zero-order valence-corrected chi connectivity index (χ0v) is 19.2. The van der Waals surface area contributed by atoms with E-state index in [1.165, 1.54) is 12.1 Å². The van der Waals surface area contributed by atoms with Gasteiger partial charge in [-0.15, -0.1) is 0 Å². The van der Waals surface area contributed by atoms with Gasteiger partial charge in [0.1, 0.15) is 18.2 Å². The Morgan fingerprint density at radius 3 is 2.44 bits per heavy atom. The van der Waals surface area contributed by atoms with E-state index in [1.807, 2.05) is 54.8 Å². The van der Waals surface area contributed by atoms with Gasteiger partial charge in [-0.25, -0.2) is 9.37 Å². The van der Waals surface area contributed by atoms with Crippen LogP contribution in [0.4, 0.5) is 4.39 Å². The predicted octanol–water partition coefficient (Wildman–Crippen LogP) is 4.33. The number of aryl methyl sites for hydroxylation is 1. The maximum absolute atomic E-state index is 13.1. The van der Waals surface area contributed by atoms with Crippen molar-refractivity contribution in [2.24, 2.45) is 0 Å². The van der Waals surface area contributed by atoms with Crippen molar-refractivity contribution in [2.75, 3.05) is 6.54 Å². The second-order valence-electron chi connectivity index (χ2n) is 8.33. The second-order valence-corrected chi connectivity index (χ2v) is 8.33. The minimum absolute atomic E-state index is 0.0734. The van der Waals surface area contributed by atoms with Crippen molar-refractivity contribution in [3.05, 3.63) is 101 Å². The number of hydrogen-bond acceptors (Lipinski definition) is 3. The summed E-state index contributed by atoms with van der Waals surface area (Å²) in [4.78, 5) is 30.2. The number of carbonyl (C=O) groups excluding carboxylic acids is 2. The molecule has 1 atom stereocenters. The average Bonchev–Trinajstić information content (AvgIpc) is 3.19. The maximum atomic E-state index is 13.1. The van der Waals surface area contributed by atoms with E-state index in [9.17, 15) is 14.0 Å². The SMILES string of the molecule is Cc1ccc(C(=O)NC(C)c2nc3ccccc3n2CC(=O)NCCc2ccc(F)cc2)cc1. The zero-order valence-electron chi connectivity index (χ0n) is 19.2. The fraction of sp³-hybridized carbons (Fsp3) is 0.222. The van der Waals surface area contributed by atoms with Gasteiger partial charge in [0.05, 0.1) is 17.1 Å². The van der Waals surface area contributed by atoms with Crippen LogP contribution in [0.3, 0.4) is 0 Å². The van der Waals surface area contributed by atoms with E-state index in [0.717, 1.165) is 22.2 Å². The Bertz CT molecular complexity index is 1300. The first-order chi connectivity index (χ1) is 16.4. The van der Waals surface area contributed by atoms with E-state index < -0.39 is 6.04 Å². The van der Waals surface area contributed by atoms with E-state index in [-0.39, 0.29) is 24.2 Å². The molecule has 2 N–H and O–H groups in total. The Kier molecular flexibility index (Phi) is 7.01. The van der Waals surface area contributed by atoms with Crippen LogP contribution in [0.2, 0.25) is 0 Å². The Balaban J connectivity index is 1.46. The molecular weight excluding hydrogens is 431 g/mol. The summed E-state index contributed by atoms with van der Waals surface area (Å²) in [5.41, 5.74) is 4.18. The molecule has 7 heteroatoms. The number of halogens is 1. The van der Waals surface area contributed by atoms with Gasteiger partial charge >= 0.3 is 0 Å². The third-order valence-corrected chi connectivity index (χ3v) is 5.68. The van der Waals surface area contributed by atoms with E-state index in [4.69, 9.17) is 4.98 Å². The van der Waals surface area contributed by atoms with Gasteiger partial charge in [0.2, 0.25) is 5.91 Å². The highest BCUT2D eigenvalue weighted by atomic mass is 19.1. The first-order valence-corrected chi connectivity index (χ1v) is 11.2. The molecular formula is C27H27FN4O2. The quantitative estimate of drug-likeness (QED) is 0.413. The number of rotatable bonds is 8. The molecule has 0 radical (unpaired) electrons. The predicted molar refractivity (Wildman–Crippen MR) is 130 cm³/mol. The maximum Gasteiger partial charge on any atom is 0.251 e. The number of imidazole rings is 1. The molecule has 1 heterocycles. The summed E-state index contributed by atoms with van der Waals surface area (Å²) in [7, 11) is 0. The highest BCUT2D eigenvalue weighted by Gasteiger charge is 2.20. The van der Waals surface area contributed by atoms with Crippen molar-refractivity contribution in [3.8, 4) is 0 Å². The first-order valence-electron chi connectivity index (χ1n) is 11.2. The van der Waals surface area contributed by atoms with E-state index in [0.29, 0.717) is 24.4 Å². The largest absolute Gasteiger partial charge is 0.354 e. The number of benzene rings is 3. The lowest BCUT2D eigenvalue weighted by Crippen LogP contribution is -2.32. The monoisotopic (exact) mass is 458 g/mol. The number of fused-ring (bicyclic) bond motifs is 1. The second kappa shape index (κ2) is 10.3. The summed E-state index contributed by atoms with van der Waals surface area (Å²) in [6.45, 7) is 4.34. The van der Waals surface area contributed by atoms with Crippen LogP contribution in [0.15, 0.2) is 72.8 Å². The number of para-hydroxylation sites is 2. The molecule has 4 rings (SSSR count). The van der Waals surface area contributed by atoms with Crippen LogP contribution in [0.5, 0.6) is 0 Å². The van der Waals surface area contributed by atoms with Crippen LogP contribution >= 0.6 is 0 Å². The molecule has 6 nitrogen and oxygen atoms in total. The molecule has 0 bridgehead atoms. The molecule has 174 valence electrons. The number of hydrogen-bond donors (Lipinski definition) is 2. The van der Waals surface area contributed by atoms with Crippen molar-refractivity contribution < 1.29 is 14.0 Å². The van der Waals surface area contributed by atoms with E-state index in [1.54, 1.807) is 24.3 Å². The van der Waals surface area contributed by atoms with Crippen LogP contribution in [0, 0.1) is 12.7 Å². The lowest BCUT2D eigenvalue weighted by Gasteiger charge is -2.16. The number of aromatic nitrogens is 2. The number of nitrogens with zero attached hydrogens (tertiary/aromatic N) is 2. The number of amides is 2. The van der Waals surface area contributed by atoms with Gasteiger partial charge in [0.25, 0.3) is 5.91 Å². The molecule has 0 fully saturated rings. The normalized spacial score (nSPS) is 11.9. The summed E-state index contributed by atoms with van der Waals surface area (Å²) < 4.78 is 14.9. The standard InChI is InChI=1S/C27H27FN4O2/c1-18-7-11-21(12-8-18)27(34)30-19(2)26-31-23-5-3-4-6-24(23)32(26)17-25(33)29-16-15-20-9-13-22(28)14-10-20/h3-14,19H,15-17H2,1-2H3,(H,29,33)(H,30,34). The van der Waals surface area contributed by atoms with Crippen molar-refractivity contribution in [3.63, 3.8) is 0 Å². The molecule has 2 amide bonds. The van der Waals surface area contributed by atoms with Gasteiger partial charge < -0.3 is 15.2 Å². The molecule has 0 saturated carbocycles. The van der Waals surface area contributed by atoms with Gasteiger partial charge in [-0.2, -0.15) is 0 Å². The summed E-state index contributed by atoms with van der Waals surface area (Å²) in [5, 5.41) is 5.91. The fourth-order valence-corrected chi connectivity index (χ4v) is 3.84.